The van der Waals surface area contributed by atoms with Crippen LogP contribution in [0.15, 0.2) is 54.6 Å². The monoisotopic (exact) mass is 426 g/mol. The van der Waals surface area contributed by atoms with Crippen LogP contribution in [0.5, 0.6) is 0 Å². The van der Waals surface area contributed by atoms with Gasteiger partial charge in [-0.3, -0.25) is 9.36 Å². The smallest absolute Gasteiger partial charge is 0.305 e. The first-order valence-electron chi connectivity index (χ1n) is 9.19. The van der Waals surface area contributed by atoms with Crippen LogP contribution in [0.4, 0.5) is 4.39 Å². The highest BCUT2D eigenvalue weighted by Gasteiger charge is 2.23. The summed E-state index contributed by atoms with van der Waals surface area (Å²) in [5.74, 6) is 1.13. The average molecular weight is 426 g/mol. The van der Waals surface area contributed by atoms with Gasteiger partial charge in [0.15, 0.2) is 0 Å². The van der Waals surface area contributed by atoms with E-state index in [1.165, 1.54) is 12.1 Å². The normalized spacial score (nSPS) is 13.9. The number of benzene rings is 3. The Kier molecular flexibility index (Phi) is 6.38. The highest BCUT2D eigenvalue weighted by atomic mass is 31.2. The van der Waals surface area contributed by atoms with Gasteiger partial charge < -0.3 is 15.1 Å². The molecule has 0 amide bonds. The van der Waals surface area contributed by atoms with E-state index in [1.807, 2.05) is 37.3 Å². The first-order chi connectivity index (χ1) is 14.2. The minimum Gasteiger partial charge on any atom is -0.481 e. The largest absolute Gasteiger partial charge is 0.481 e. The number of carboxylic acid groups (broad SMARTS) is 1. The summed E-state index contributed by atoms with van der Waals surface area (Å²) in [4.78, 5) is 20.8. The lowest BCUT2D eigenvalue weighted by Gasteiger charge is -2.14. The van der Waals surface area contributed by atoms with Crippen LogP contribution < -0.4 is 0 Å². The third-order valence-electron chi connectivity index (χ3n) is 4.60. The molecule has 3 rings (SSSR count). The molecule has 2 atom stereocenters. The quantitative estimate of drug-likeness (QED) is 0.416. The summed E-state index contributed by atoms with van der Waals surface area (Å²) in [7, 11) is -4.10. The van der Waals surface area contributed by atoms with Gasteiger partial charge in [-0.2, -0.15) is 0 Å². The first-order valence-corrected chi connectivity index (χ1v) is 11.0. The summed E-state index contributed by atoms with van der Waals surface area (Å²) >= 11 is 0. The molecule has 0 aliphatic rings. The number of carboxylic acids is 1. The van der Waals surface area contributed by atoms with Crippen molar-refractivity contribution in [1.29, 1.82) is 0 Å². The van der Waals surface area contributed by atoms with Crippen LogP contribution in [-0.2, 0) is 9.36 Å². The zero-order valence-electron chi connectivity index (χ0n) is 16.2. The van der Waals surface area contributed by atoms with Gasteiger partial charge in [0.05, 0.1) is 18.7 Å². The second kappa shape index (κ2) is 8.81. The Morgan fingerprint density at radius 1 is 1.17 bits per heavy atom. The zero-order valence-corrected chi connectivity index (χ0v) is 17.1. The molecule has 0 aromatic heterocycles. The Morgan fingerprint density at radius 3 is 2.50 bits per heavy atom. The Morgan fingerprint density at radius 2 is 1.83 bits per heavy atom. The molecule has 7 heteroatoms. The van der Waals surface area contributed by atoms with Gasteiger partial charge in [0, 0.05) is 11.1 Å². The number of halogens is 1. The highest BCUT2D eigenvalue weighted by Crippen LogP contribution is 2.41. The minimum absolute atomic E-state index is 0.379. The molecule has 3 N–H and O–H groups in total. The fraction of sp³-hybridized carbons (Fsp3) is 0.174. The van der Waals surface area contributed by atoms with E-state index in [0.717, 1.165) is 16.3 Å². The molecule has 0 radical (unpaired) electrons. The molecule has 1 unspecified atom stereocenters. The molecule has 3 aromatic carbocycles. The molecule has 0 saturated carbocycles. The van der Waals surface area contributed by atoms with Crippen LogP contribution in [0.2, 0.25) is 0 Å². The first kappa shape index (κ1) is 21.7. The van der Waals surface area contributed by atoms with Crippen LogP contribution in [0.25, 0.3) is 21.9 Å². The van der Waals surface area contributed by atoms with Crippen molar-refractivity contribution < 1.29 is 28.9 Å². The van der Waals surface area contributed by atoms with Crippen molar-refractivity contribution in [3.05, 3.63) is 71.5 Å². The Balaban J connectivity index is 2.13. The van der Waals surface area contributed by atoms with Crippen LogP contribution in [0.3, 0.4) is 0 Å². The summed E-state index contributed by atoms with van der Waals surface area (Å²) in [6, 6.07) is 15.4. The number of hydrogen-bond acceptors (Lipinski definition) is 3. The van der Waals surface area contributed by atoms with E-state index < -0.39 is 32.0 Å². The maximum atomic E-state index is 13.4. The van der Waals surface area contributed by atoms with Crippen molar-refractivity contribution in [2.45, 2.75) is 19.4 Å². The summed E-state index contributed by atoms with van der Waals surface area (Å²) in [5.41, 5.74) is 5.05. The standard InChI is InChI=1S/C23H20FO5P/c1-15-12-17-4-2-3-5-21(17)23(16-6-8-18(24)9-7-16)20(15)10-11-30(28,29)14-19(25)13-22(26)27/h2-9,12,19,25H,13-14H2,1H3,(H,26,27)(H,28,29)/t19-/m0/s1. The van der Waals surface area contributed by atoms with E-state index in [-0.39, 0.29) is 5.82 Å². The highest BCUT2D eigenvalue weighted by molar-refractivity contribution is 7.63. The molecule has 5 nitrogen and oxygen atoms in total. The lowest BCUT2D eigenvalue weighted by Crippen LogP contribution is -2.17. The van der Waals surface area contributed by atoms with Gasteiger partial charge in [-0.25, -0.2) is 4.39 Å². The molecule has 0 bridgehead atoms. The van der Waals surface area contributed by atoms with Crippen molar-refractivity contribution in [3.8, 4) is 22.7 Å². The van der Waals surface area contributed by atoms with Gasteiger partial charge in [-0.15, -0.1) is 0 Å². The van der Waals surface area contributed by atoms with Crippen molar-refractivity contribution in [2.75, 3.05) is 6.16 Å². The topological polar surface area (TPSA) is 94.8 Å². The second-order valence-corrected chi connectivity index (χ2v) is 9.04. The van der Waals surface area contributed by atoms with Gasteiger partial charge in [0.25, 0.3) is 7.37 Å². The maximum Gasteiger partial charge on any atom is 0.305 e. The van der Waals surface area contributed by atoms with Crippen molar-refractivity contribution in [1.82, 2.24) is 0 Å². The minimum atomic E-state index is -4.10. The van der Waals surface area contributed by atoms with E-state index in [1.54, 1.807) is 12.1 Å². The van der Waals surface area contributed by atoms with Crippen LogP contribution >= 0.6 is 7.37 Å². The lowest BCUT2D eigenvalue weighted by molar-refractivity contribution is -0.138. The third kappa shape index (κ3) is 5.14. The molecular weight excluding hydrogens is 406 g/mol. The van der Waals surface area contributed by atoms with Crippen molar-refractivity contribution >= 4 is 24.1 Å². The summed E-state index contributed by atoms with van der Waals surface area (Å²) in [5, 5.41) is 20.2. The van der Waals surface area contributed by atoms with Gasteiger partial charge >= 0.3 is 5.97 Å². The maximum absolute atomic E-state index is 13.4. The summed E-state index contributed by atoms with van der Waals surface area (Å²) < 4.78 is 25.9. The molecule has 0 saturated heterocycles. The van der Waals surface area contributed by atoms with E-state index in [2.05, 4.69) is 11.6 Å². The van der Waals surface area contributed by atoms with Crippen LogP contribution in [0, 0.1) is 24.3 Å². The van der Waals surface area contributed by atoms with Crippen LogP contribution in [0.1, 0.15) is 17.5 Å². The zero-order chi connectivity index (χ0) is 21.9. The lowest BCUT2D eigenvalue weighted by atomic mass is 9.90. The fourth-order valence-corrected chi connectivity index (χ4v) is 4.38. The fourth-order valence-electron chi connectivity index (χ4n) is 3.31. The number of aliphatic hydroxyl groups is 1. The number of fused-ring (bicyclic) bond motifs is 1. The van der Waals surface area contributed by atoms with E-state index in [9.17, 15) is 23.7 Å². The molecule has 0 fully saturated rings. The molecule has 3 aromatic rings. The van der Waals surface area contributed by atoms with E-state index in [4.69, 9.17) is 5.11 Å². The average Bonchev–Trinajstić information content (AvgIpc) is 2.65. The molecule has 0 aliphatic carbocycles. The number of aliphatic carboxylic acids is 1. The third-order valence-corrected chi connectivity index (χ3v) is 5.98. The van der Waals surface area contributed by atoms with E-state index in [0.29, 0.717) is 16.7 Å². The molecule has 0 spiro atoms. The molecule has 154 valence electrons. The van der Waals surface area contributed by atoms with Crippen LogP contribution in [-0.4, -0.2) is 33.3 Å². The molecule has 0 aliphatic heterocycles. The number of aryl methyl sites for hydroxylation is 1. The van der Waals surface area contributed by atoms with E-state index >= 15 is 0 Å². The number of hydrogen-bond donors (Lipinski definition) is 3. The Labute approximate surface area is 173 Å². The molecular formula is C23H20FO5P. The van der Waals surface area contributed by atoms with Gasteiger partial charge in [-0.1, -0.05) is 48.4 Å². The SMILES string of the molecule is Cc1cc2ccccc2c(-c2ccc(F)cc2)c1C#CP(=O)(O)C[C@@H](O)CC(=O)O. The predicted molar refractivity (Wildman–Crippen MR) is 114 cm³/mol. The predicted octanol–water partition coefficient (Wildman–Crippen LogP) is 4.37. The van der Waals surface area contributed by atoms with Gasteiger partial charge in [-0.05, 0) is 46.6 Å². The number of aliphatic hydroxyl groups excluding tert-OH is 1. The Bertz CT molecular complexity index is 1210. The second-order valence-electron chi connectivity index (χ2n) is 7.04. The Hall–Kier alpha value is -2.97. The number of carbonyl (C=O) groups is 1. The summed E-state index contributed by atoms with van der Waals surface area (Å²) in [6.45, 7) is 1.82. The number of rotatable bonds is 5. The summed E-state index contributed by atoms with van der Waals surface area (Å²) in [6.07, 6.45) is -2.74. The van der Waals surface area contributed by atoms with Gasteiger partial charge in [0.2, 0.25) is 0 Å². The van der Waals surface area contributed by atoms with Gasteiger partial charge in [0.1, 0.15) is 5.82 Å². The molecule has 30 heavy (non-hydrogen) atoms. The molecule has 0 heterocycles. The van der Waals surface area contributed by atoms with Crippen molar-refractivity contribution in [3.63, 3.8) is 0 Å². The van der Waals surface area contributed by atoms with Crippen molar-refractivity contribution in [2.24, 2.45) is 0 Å².